The highest BCUT2D eigenvalue weighted by Crippen LogP contribution is 2.40. The Morgan fingerprint density at radius 3 is 2.71 bits per heavy atom. The summed E-state index contributed by atoms with van der Waals surface area (Å²) in [4.78, 5) is 13.4. The van der Waals surface area contributed by atoms with Gasteiger partial charge in [0.05, 0.1) is 37.8 Å². The third-order valence-electron chi connectivity index (χ3n) is 7.04. The van der Waals surface area contributed by atoms with Crippen molar-refractivity contribution in [2.24, 2.45) is 7.05 Å². The van der Waals surface area contributed by atoms with Gasteiger partial charge in [0.1, 0.15) is 11.0 Å². The van der Waals surface area contributed by atoms with Crippen molar-refractivity contribution in [2.75, 3.05) is 12.4 Å². The number of nitrogens with one attached hydrogen (secondary N) is 1. The number of methoxy groups -OCH3 is 1. The van der Waals surface area contributed by atoms with Crippen molar-refractivity contribution in [3.05, 3.63) is 42.7 Å². The van der Waals surface area contributed by atoms with Gasteiger partial charge in [0.25, 0.3) is 0 Å². The number of aryl methyl sites for hydroxylation is 1. The quantitative estimate of drug-likeness (QED) is 0.341. The molecule has 0 spiro atoms. The number of rotatable bonds is 6. The van der Waals surface area contributed by atoms with E-state index in [0.29, 0.717) is 40.2 Å². The van der Waals surface area contributed by atoms with Gasteiger partial charge in [-0.05, 0) is 19.3 Å². The number of anilines is 2. The SMILES string of the molecule is COc1c(Oc2cnn3ccncc23)cnc2nc(Nc3cc(C(C)(C)C)n([C@H]4CCC[C@@H]4O)n3)n(C)c12. The molecular weight excluding hydrogens is 486 g/mol. The molecule has 1 fully saturated rings. The number of nitrogens with zero attached hydrogens (tertiary/aromatic N) is 8. The average molecular weight is 518 g/mol. The van der Waals surface area contributed by atoms with Crippen molar-refractivity contribution in [3.8, 4) is 17.2 Å². The summed E-state index contributed by atoms with van der Waals surface area (Å²) < 4.78 is 17.5. The monoisotopic (exact) mass is 517 g/mol. The molecule has 198 valence electrons. The molecular formula is C26H31N9O3. The van der Waals surface area contributed by atoms with Crippen molar-refractivity contribution in [1.29, 1.82) is 0 Å². The van der Waals surface area contributed by atoms with E-state index in [2.05, 4.69) is 41.2 Å². The number of hydrogen-bond acceptors (Lipinski definition) is 9. The van der Waals surface area contributed by atoms with Crippen molar-refractivity contribution >= 4 is 28.4 Å². The Labute approximate surface area is 219 Å². The van der Waals surface area contributed by atoms with Crippen LogP contribution in [0.2, 0.25) is 0 Å². The smallest absolute Gasteiger partial charge is 0.211 e. The van der Waals surface area contributed by atoms with Crippen molar-refractivity contribution in [2.45, 2.75) is 57.6 Å². The van der Waals surface area contributed by atoms with Gasteiger partial charge in [-0.3, -0.25) is 9.67 Å². The Kier molecular flexibility index (Phi) is 5.71. The Hall–Kier alpha value is -4.19. The predicted molar refractivity (Wildman–Crippen MR) is 141 cm³/mol. The molecule has 5 heterocycles. The normalized spacial score (nSPS) is 17.9. The molecule has 1 aliphatic carbocycles. The second-order valence-electron chi connectivity index (χ2n) is 10.6. The van der Waals surface area contributed by atoms with Crippen LogP contribution in [-0.4, -0.2) is 57.2 Å². The zero-order chi connectivity index (χ0) is 26.6. The second kappa shape index (κ2) is 8.98. The van der Waals surface area contributed by atoms with Gasteiger partial charge >= 0.3 is 0 Å². The highest BCUT2D eigenvalue weighted by atomic mass is 16.5. The molecule has 0 amide bonds. The molecule has 5 aromatic heterocycles. The van der Waals surface area contributed by atoms with E-state index in [-0.39, 0.29) is 11.5 Å². The summed E-state index contributed by atoms with van der Waals surface area (Å²) in [5.74, 6) is 2.67. The fourth-order valence-electron chi connectivity index (χ4n) is 5.10. The topological polar surface area (TPSA) is 129 Å². The van der Waals surface area contributed by atoms with Crippen LogP contribution in [0.3, 0.4) is 0 Å². The van der Waals surface area contributed by atoms with Crippen LogP contribution >= 0.6 is 0 Å². The van der Waals surface area contributed by atoms with Gasteiger partial charge in [-0.25, -0.2) is 9.50 Å². The number of imidazole rings is 1. The molecule has 0 unspecified atom stereocenters. The summed E-state index contributed by atoms with van der Waals surface area (Å²) in [6.07, 6.45) is 10.6. The number of hydrogen-bond donors (Lipinski definition) is 2. The summed E-state index contributed by atoms with van der Waals surface area (Å²) in [5, 5.41) is 23.1. The number of aliphatic hydroxyl groups is 1. The molecule has 0 aliphatic heterocycles. The highest BCUT2D eigenvalue weighted by Gasteiger charge is 2.33. The predicted octanol–water partition coefficient (Wildman–Crippen LogP) is 4.14. The van der Waals surface area contributed by atoms with Crippen LogP contribution in [0.5, 0.6) is 17.2 Å². The highest BCUT2D eigenvalue weighted by molar-refractivity contribution is 5.85. The molecule has 5 aromatic rings. The molecule has 38 heavy (non-hydrogen) atoms. The van der Waals surface area contributed by atoms with Crippen molar-refractivity contribution in [1.82, 2.24) is 38.9 Å². The van der Waals surface area contributed by atoms with E-state index >= 15 is 0 Å². The molecule has 6 rings (SSSR count). The Morgan fingerprint density at radius 2 is 1.97 bits per heavy atom. The Morgan fingerprint density at radius 1 is 1.13 bits per heavy atom. The minimum atomic E-state index is -0.393. The van der Waals surface area contributed by atoms with Crippen LogP contribution in [0, 0.1) is 0 Å². The van der Waals surface area contributed by atoms with E-state index in [4.69, 9.17) is 19.6 Å². The minimum Gasteiger partial charge on any atom is -0.491 e. The van der Waals surface area contributed by atoms with Crippen LogP contribution in [0.4, 0.5) is 11.8 Å². The number of aromatic nitrogens is 8. The second-order valence-corrected chi connectivity index (χ2v) is 10.6. The summed E-state index contributed by atoms with van der Waals surface area (Å²) >= 11 is 0. The average Bonchev–Trinajstić information content (AvgIpc) is 3.66. The number of fused-ring (bicyclic) bond motifs is 2. The van der Waals surface area contributed by atoms with E-state index in [9.17, 15) is 5.11 Å². The third kappa shape index (κ3) is 4.01. The molecule has 2 N–H and O–H groups in total. The molecule has 12 nitrogen and oxygen atoms in total. The van der Waals surface area contributed by atoms with Crippen molar-refractivity contribution < 1.29 is 14.6 Å². The van der Waals surface area contributed by atoms with E-state index < -0.39 is 6.10 Å². The molecule has 0 bridgehead atoms. The van der Waals surface area contributed by atoms with E-state index in [0.717, 1.165) is 30.5 Å². The van der Waals surface area contributed by atoms with Crippen molar-refractivity contribution in [3.63, 3.8) is 0 Å². The summed E-state index contributed by atoms with van der Waals surface area (Å²) in [6.45, 7) is 6.45. The van der Waals surface area contributed by atoms with E-state index in [1.807, 2.05) is 22.4 Å². The zero-order valence-corrected chi connectivity index (χ0v) is 22.1. The first-order chi connectivity index (χ1) is 18.2. The lowest BCUT2D eigenvalue weighted by Gasteiger charge is -2.25. The first kappa shape index (κ1) is 24.2. The van der Waals surface area contributed by atoms with Gasteiger partial charge in [-0.15, -0.1) is 0 Å². The summed E-state index contributed by atoms with van der Waals surface area (Å²) in [5.41, 5.74) is 2.80. The fourth-order valence-corrected chi connectivity index (χ4v) is 5.10. The Balaban J connectivity index is 1.36. The van der Waals surface area contributed by atoms with Gasteiger partial charge < -0.3 is 24.5 Å². The molecule has 12 heteroatoms. The lowest BCUT2D eigenvalue weighted by molar-refractivity contribution is 0.127. The van der Waals surface area contributed by atoms with Gasteiger partial charge in [0.2, 0.25) is 5.95 Å². The zero-order valence-electron chi connectivity index (χ0n) is 22.1. The standard InChI is InChI=1S/C26H31N9O3/c1-26(2,3)20-11-21(32-35(20)15-7-6-8-17(15)36)30-25-31-24-22(33(25)4)23(37-5)19(13-28-24)38-18-14-29-34-10-9-27-12-16(18)34/h9-15,17,36H,6-8H2,1-5H3,(H,28,30,31,32)/t15-,17-/m0/s1. The third-order valence-corrected chi connectivity index (χ3v) is 7.04. The maximum Gasteiger partial charge on any atom is 0.211 e. The first-order valence-corrected chi connectivity index (χ1v) is 12.6. The van der Waals surface area contributed by atoms with Crippen LogP contribution in [0.1, 0.15) is 51.8 Å². The molecule has 1 aliphatic rings. The maximum atomic E-state index is 10.6. The molecule has 0 saturated heterocycles. The van der Waals surface area contributed by atoms with Gasteiger partial charge in [-0.2, -0.15) is 15.2 Å². The summed E-state index contributed by atoms with van der Waals surface area (Å²) in [7, 11) is 3.47. The van der Waals surface area contributed by atoms with Crippen LogP contribution in [0.25, 0.3) is 16.7 Å². The minimum absolute atomic E-state index is 0.0307. The molecule has 0 radical (unpaired) electrons. The number of aliphatic hydroxyl groups excluding tert-OH is 1. The van der Waals surface area contributed by atoms with Gasteiger partial charge in [-0.1, -0.05) is 20.8 Å². The number of ether oxygens (including phenoxy) is 2. The maximum absolute atomic E-state index is 10.6. The number of pyridine rings is 1. The van der Waals surface area contributed by atoms with E-state index in [1.54, 1.807) is 42.6 Å². The van der Waals surface area contributed by atoms with Gasteiger partial charge in [0, 0.05) is 36.6 Å². The molecule has 2 atom stereocenters. The Bertz CT molecular complexity index is 1630. The summed E-state index contributed by atoms with van der Waals surface area (Å²) in [6, 6.07) is 2.00. The largest absolute Gasteiger partial charge is 0.491 e. The lowest BCUT2D eigenvalue weighted by atomic mass is 9.91. The fraction of sp³-hybridized carbons (Fsp3) is 0.423. The van der Waals surface area contributed by atoms with Crippen LogP contribution < -0.4 is 14.8 Å². The lowest BCUT2D eigenvalue weighted by Crippen LogP contribution is -2.26. The molecule has 1 saturated carbocycles. The van der Waals surface area contributed by atoms with Crippen LogP contribution in [-0.2, 0) is 12.5 Å². The first-order valence-electron chi connectivity index (χ1n) is 12.6. The van der Waals surface area contributed by atoms with Crippen LogP contribution in [0.15, 0.2) is 37.1 Å². The van der Waals surface area contributed by atoms with E-state index in [1.165, 1.54) is 0 Å². The molecule has 0 aromatic carbocycles. The van der Waals surface area contributed by atoms with Gasteiger partial charge in [0.15, 0.2) is 28.7 Å².